The molecule has 0 fully saturated rings. The van der Waals surface area contributed by atoms with E-state index in [4.69, 9.17) is 4.55 Å². The summed E-state index contributed by atoms with van der Waals surface area (Å²) >= 11 is 0. The zero-order valence-electron chi connectivity index (χ0n) is 10.2. The lowest BCUT2D eigenvalue weighted by Gasteiger charge is -2.16. The minimum absolute atomic E-state index is 0.480. The van der Waals surface area contributed by atoms with Gasteiger partial charge in [0, 0.05) is 0 Å². The van der Waals surface area contributed by atoms with Gasteiger partial charge in [-0.2, -0.15) is 8.42 Å². The van der Waals surface area contributed by atoms with Crippen LogP contribution in [0.4, 0.5) is 0 Å². The molecule has 1 N–H and O–H groups in total. The summed E-state index contributed by atoms with van der Waals surface area (Å²) < 4.78 is 31.3. The molecule has 15 heavy (non-hydrogen) atoms. The average molecular weight is 236 g/mol. The Labute approximate surface area is 94.0 Å². The molecule has 0 aliphatic carbocycles. The Kier molecular flexibility index (Phi) is 6.44. The average Bonchev–Trinajstić information content (AvgIpc) is 2.00. The van der Waals surface area contributed by atoms with Crippen molar-refractivity contribution in [1.82, 2.24) is 0 Å². The Morgan fingerprint density at radius 2 is 1.20 bits per heavy atom. The molecule has 0 aliphatic rings. The van der Waals surface area contributed by atoms with Crippen LogP contribution in [0.2, 0.25) is 0 Å². The molecule has 0 aliphatic heterocycles. The van der Waals surface area contributed by atoms with Crippen molar-refractivity contribution in [2.24, 2.45) is 11.8 Å². The Morgan fingerprint density at radius 1 is 0.867 bits per heavy atom. The van der Waals surface area contributed by atoms with Gasteiger partial charge in [0.25, 0.3) is 10.1 Å². The van der Waals surface area contributed by atoms with Gasteiger partial charge >= 0.3 is 0 Å². The van der Waals surface area contributed by atoms with E-state index in [0.717, 1.165) is 12.8 Å². The summed E-state index contributed by atoms with van der Waals surface area (Å²) in [5.74, 6) is 0.960. The summed E-state index contributed by atoms with van der Waals surface area (Å²) in [5, 5.41) is -0.567. The van der Waals surface area contributed by atoms with Crippen molar-refractivity contribution in [1.29, 1.82) is 0 Å². The maximum atomic E-state index is 11.1. The van der Waals surface area contributed by atoms with E-state index in [0.29, 0.717) is 24.7 Å². The van der Waals surface area contributed by atoms with Crippen molar-refractivity contribution >= 4 is 10.1 Å². The molecular formula is C11H24O3S. The molecule has 0 radical (unpaired) electrons. The standard InChI is InChI=1S/C11H24O3S/c1-9(2)5-7-11(15(12,13)14)8-6-10(3)4/h9-11H,5-8H2,1-4H3,(H,12,13,14). The van der Waals surface area contributed by atoms with Crippen LogP contribution in [-0.4, -0.2) is 18.2 Å². The summed E-state index contributed by atoms with van der Waals surface area (Å²) in [4.78, 5) is 0. The van der Waals surface area contributed by atoms with Crippen molar-refractivity contribution in [2.75, 3.05) is 0 Å². The first-order valence-corrected chi connectivity index (χ1v) is 7.20. The summed E-state index contributed by atoms with van der Waals surface area (Å²) in [6.45, 7) is 8.24. The topological polar surface area (TPSA) is 54.4 Å². The molecule has 0 rings (SSSR count). The van der Waals surface area contributed by atoms with E-state index in [9.17, 15) is 8.42 Å². The molecule has 0 spiro atoms. The monoisotopic (exact) mass is 236 g/mol. The van der Waals surface area contributed by atoms with Crippen LogP contribution < -0.4 is 0 Å². The van der Waals surface area contributed by atoms with Crippen LogP contribution in [0.25, 0.3) is 0 Å². The molecule has 0 aromatic carbocycles. The van der Waals surface area contributed by atoms with Crippen LogP contribution in [-0.2, 0) is 10.1 Å². The summed E-state index contributed by atoms with van der Waals surface area (Å²) in [6.07, 6.45) is 2.84. The highest BCUT2D eigenvalue weighted by Crippen LogP contribution is 2.19. The van der Waals surface area contributed by atoms with Crippen molar-refractivity contribution in [3.63, 3.8) is 0 Å². The first-order valence-electron chi connectivity index (χ1n) is 5.69. The number of rotatable bonds is 7. The van der Waals surface area contributed by atoms with Crippen molar-refractivity contribution < 1.29 is 13.0 Å². The molecular weight excluding hydrogens is 212 g/mol. The largest absolute Gasteiger partial charge is 0.285 e. The van der Waals surface area contributed by atoms with Crippen molar-refractivity contribution in [3.8, 4) is 0 Å². The van der Waals surface area contributed by atoms with E-state index >= 15 is 0 Å². The van der Waals surface area contributed by atoms with Gasteiger partial charge in [0.2, 0.25) is 0 Å². The van der Waals surface area contributed by atoms with Gasteiger partial charge in [0.1, 0.15) is 0 Å². The predicted octanol–water partition coefficient (Wildman–Crippen LogP) is 3.12. The fourth-order valence-corrected chi connectivity index (χ4v) is 2.35. The second-order valence-electron chi connectivity index (χ2n) is 5.08. The SMILES string of the molecule is CC(C)CCC(CCC(C)C)S(=O)(=O)O. The van der Waals surface area contributed by atoms with Gasteiger partial charge in [-0.05, 0) is 37.5 Å². The smallest absolute Gasteiger partial charge is 0.267 e. The first kappa shape index (κ1) is 14.9. The molecule has 0 heterocycles. The third-order valence-electron chi connectivity index (χ3n) is 2.55. The molecule has 0 aromatic rings. The third kappa shape index (κ3) is 7.79. The number of hydrogen-bond donors (Lipinski definition) is 1. The Morgan fingerprint density at radius 3 is 1.40 bits per heavy atom. The third-order valence-corrected chi connectivity index (χ3v) is 3.87. The van der Waals surface area contributed by atoms with E-state index in [1.807, 2.05) is 0 Å². The Hall–Kier alpha value is -0.0900. The van der Waals surface area contributed by atoms with Gasteiger partial charge in [-0.3, -0.25) is 4.55 Å². The highest BCUT2D eigenvalue weighted by atomic mass is 32.2. The van der Waals surface area contributed by atoms with Gasteiger partial charge < -0.3 is 0 Å². The van der Waals surface area contributed by atoms with Crippen LogP contribution in [0.15, 0.2) is 0 Å². The van der Waals surface area contributed by atoms with Crippen LogP contribution >= 0.6 is 0 Å². The molecule has 0 amide bonds. The zero-order chi connectivity index (χ0) is 12.1. The molecule has 0 aromatic heterocycles. The van der Waals surface area contributed by atoms with E-state index in [1.165, 1.54) is 0 Å². The lowest BCUT2D eigenvalue weighted by molar-refractivity contribution is 0.426. The summed E-state index contributed by atoms with van der Waals surface area (Å²) in [7, 11) is -3.86. The molecule has 0 saturated heterocycles. The molecule has 92 valence electrons. The van der Waals surface area contributed by atoms with Gasteiger partial charge in [-0.25, -0.2) is 0 Å². The van der Waals surface area contributed by atoms with Crippen LogP contribution in [0, 0.1) is 11.8 Å². The lowest BCUT2D eigenvalue weighted by Crippen LogP contribution is -2.21. The predicted molar refractivity (Wildman–Crippen MR) is 63.5 cm³/mol. The van der Waals surface area contributed by atoms with Crippen LogP contribution in [0.3, 0.4) is 0 Å². The second kappa shape index (κ2) is 6.48. The quantitative estimate of drug-likeness (QED) is 0.691. The zero-order valence-corrected chi connectivity index (χ0v) is 11.0. The summed E-state index contributed by atoms with van der Waals surface area (Å²) in [6, 6.07) is 0. The van der Waals surface area contributed by atoms with Crippen LogP contribution in [0.5, 0.6) is 0 Å². The highest BCUT2D eigenvalue weighted by Gasteiger charge is 2.22. The van der Waals surface area contributed by atoms with E-state index in [-0.39, 0.29) is 0 Å². The van der Waals surface area contributed by atoms with E-state index < -0.39 is 15.4 Å². The highest BCUT2D eigenvalue weighted by molar-refractivity contribution is 7.86. The van der Waals surface area contributed by atoms with Crippen molar-refractivity contribution in [3.05, 3.63) is 0 Å². The molecule has 0 atom stereocenters. The van der Waals surface area contributed by atoms with E-state index in [2.05, 4.69) is 27.7 Å². The molecule has 3 nitrogen and oxygen atoms in total. The fraction of sp³-hybridized carbons (Fsp3) is 1.00. The molecule has 0 saturated carbocycles. The normalized spacial score (nSPS) is 13.1. The summed E-state index contributed by atoms with van der Waals surface area (Å²) in [5.41, 5.74) is 0. The molecule has 0 unspecified atom stereocenters. The van der Waals surface area contributed by atoms with Gasteiger partial charge in [-0.1, -0.05) is 27.7 Å². The van der Waals surface area contributed by atoms with E-state index in [1.54, 1.807) is 0 Å². The van der Waals surface area contributed by atoms with Gasteiger partial charge in [0.05, 0.1) is 5.25 Å². The molecule has 4 heteroatoms. The lowest BCUT2D eigenvalue weighted by atomic mass is 10.0. The Bertz CT molecular complexity index is 243. The first-order chi connectivity index (χ1) is 6.73. The second-order valence-corrected chi connectivity index (χ2v) is 6.78. The van der Waals surface area contributed by atoms with Gasteiger partial charge in [0.15, 0.2) is 0 Å². The maximum absolute atomic E-state index is 11.1. The number of hydrogen-bond acceptors (Lipinski definition) is 2. The maximum Gasteiger partial charge on any atom is 0.267 e. The Balaban J connectivity index is 4.21. The van der Waals surface area contributed by atoms with Gasteiger partial charge in [-0.15, -0.1) is 0 Å². The molecule has 0 bridgehead atoms. The minimum Gasteiger partial charge on any atom is -0.285 e. The van der Waals surface area contributed by atoms with Crippen LogP contribution in [0.1, 0.15) is 53.4 Å². The van der Waals surface area contributed by atoms with Crippen molar-refractivity contribution in [2.45, 2.75) is 58.6 Å². The fourth-order valence-electron chi connectivity index (χ4n) is 1.48. The minimum atomic E-state index is -3.86.